The Hall–Kier alpha value is -3.42. The van der Waals surface area contributed by atoms with Crippen LogP contribution in [0.4, 0.5) is 8.78 Å². The number of halogens is 2. The summed E-state index contributed by atoms with van der Waals surface area (Å²) in [5.41, 5.74) is 2.24. The Morgan fingerprint density at radius 1 is 1.16 bits per heavy atom. The van der Waals surface area contributed by atoms with Crippen LogP contribution in [0.25, 0.3) is 10.8 Å². The van der Waals surface area contributed by atoms with Gasteiger partial charge in [-0.2, -0.15) is 10.2 Å². The number of benzene rings is 2. The molecule has 25 heavy (non-hydrogen) atoms. The van der Waals surface area contributed by atoms with Crippen molar-refractivity contribution in [2.24, 2.45) is 12.1 Å². The quantitative estimate of drug-likeness (QED) is 0.584. The van der Waals surface area contributed by atoms with Crippen molar-refractivity contribution >= 4 is 22.9 Å². The lowest BCUT2D eigenvalue weighted by Crippen LogP contribution is -2.27. The van der Waals surface area contributed by atoms with Crippen LogP contribution < -0.4 is 11.0 Å². The van der Waals surface area contributed by atoms with Gasteiger partial charge in [0.25, 0.3) is 11.5 Å². The molecule has 0 fully saturated rings. The second-order valence-corrected chi connectivity index (χ2v) is 5.20. The highest BCUT2D eigenvalue weighted by Gasteiger charge is 2.14. The third-order valence-corrected chi connectivity index (χ3v) is 3.49. The molecule has 6 nitrogen and oxygen atoms in total. The predicted molar refractivity (Wildman–Crippen MR) is 88.4 cm³/mol. The Bertz CT molecular complexity index is 1060. The van der Waals surface area contributed by atoms with Crippen LogP contribution >= 0.6 is 0 Å². The number of amides is 1. The molecule has 1 aromatic heterocycles. The van der Waals surface area contributed by atoms with Gasteiger partial charge < -0.3 is 0 Å². The van der Waals surface area contributed by atoms with E-state index in [0.29, 0.717) is 10.8 Å². The summed E-state index contributed by atoms with van der Waals surface area (Å²) < 4.78 is 27.1. The van der Waals surface area contributed by atoms with Gasteiger partial charge in [-0.15, -0.1) is 0 Å². The number of fused-ring (bicyclic) bond motifs is 1. The number of carbonyl (C=O) groups excluding carboxylic acids is 1. The molecule has 0 atom stereocenters. The normalized spacial score (nSPS) is 11.2. The molecule has 0 saturated heterocycles. The van der Waals surface area contributed by atoms with E-state index in [1.165, 1.54) is 19.3 Å². The summed E-state index contributed by atoms with van der Waals surface area (Å²) in [6, 6.07) is 9.80. The summed E-state index contributed by atoms with van der Waals surface area (Å²) in [5.74, 6) is -2.62. The smallest absolute Gasteiger partial charge is 0.267 e. The minimum absolute atomic E-state index is 0.0279. The van der Waals surface area contributed by atoms with Crippen LogP contribution in [0.2, 0.25) is 0 Å². The first-order chi connectivity index (χ1) is 12.0. The van der Waals surface area contributed by atoms with Gasteiger partial charge in [-0.05, 0) is 23.8 Å². The topological polar surface area (TPSA) is 76.3 Å². The maximum atomic E-state index is 13.1. The highest BCUT2D eigenvalue weighted by Crippen LogP contribution is 2.12. The lowest BCUT2D eigenvalue weighted by Gasteiger charge is -2.06. The molecule has 0 saturated carbocycles. The maximum absolute atomic E-state index is 13.1. The van der Waals surface area contributed by atoms with Crippen LogP contribution in [0.5, 0.6) is 0 Å². The number of aryl methyl sites for hydroxylation is 1. The lowest BCUT2D eigenvalue weighted by atomic mass is 10.1. The molecule has 3 aromatic rings. The van der Waals surface area contributed by atoms with Crippen molar-refractivity contribution in [2.75, 3.05) is 0 Å². The Labute approximate surface area is 140 Å². The molecule has 0 unspecified atom stereocenters. The predicted octanol–water partition coefficient (Wildman–Crippen LogP) is 1.98. The summed E-state index contributed by atoms with van der Waals surface area (Å²) >= 11 is 0. The molecular weight excluding hydrogens is 330 g/mol. The Morgan fingerprint density at radius 3 is 2.60 bits per heavy atom. The lowest BCUT2D eigenvalue weighted by molar-refractivity contribution is 0.0950. The van der Waals surface area contributed by atoms with E-state index in [4.69, 9.17) is 0 Å². The first-order valence-corrected chi connectivity index (χ1v) is 7.22. The fraction of sp³-hybridized carbons (Fsp3) is 0.0588. The summed E-state index contributed by atoms with van der Waals surface area (Å²) in [6.07, 6.45) is 1.17. The maximum Gasteiger partial charge on any atom is 0.292 e. The third-order valence-electron chi connectivity index (χ3n) is 3.49. The first kappa shape index (κ1) is 16.4. The van der Waals surface area contributed by atoms with E-state index in [-0.39, 0.29) is 16.8 Å². The van der Waals surface area contributed by atoms with Gasteiger partial charge in [-0.25, -0.2) is 18.9 Å². The van der Waals surface area contributed by atoms with Crippen molar-refractivity contribution in [2.45, 2.75) is 0 Å². The molecule has 0 aliphatic rings. The van der Waals surface area contributed by atoms with Crippen molar-refractivity contribution in [3.05, 3.63) is 75.7 Å². The summed E-state index contributed by atoms with van der Waals surface area (Å²) in [7, 11) is 1.44. The Morgan fingerprint density at radius 2 is 1.88 bits per heavy atom. The van der Waals surface area contributed by atoms with Crippen molar-refractivity contribution < 1.29 is 13.6 Å². The van der Waals surface area contributed by atoms with Crippen molar-refractivity contribution in [1.29, 1.82) is 0 Å². The number of nitrogens with zero attached hydrogens (tertiary/aromatic N) is 3. The van der Waals surface area contributed by atoms with Crippen molar-refractivity contribution in [3.63, 3.8) is 0 Å². The van der Waals surface area contributed by atoms with Gasteiger partial charge in [-0.1, -0.05) is 24.3 Å². The van der Waals surface area contributed by atoms with Gasteiger partial charge in [-0.3, -0.25) is 9.59 Å². The van der Waals surface area contributed by atoms with E-state index in [1.54, 1.807) is 24.3 Å². The van der Waals surface area contributed by atoms with E-state index < -0.39 is 17.5 Å². The van der Waals surface area contributed by atoms with Gasteiger partial charge >= 0.3 is 0 Å². The number of carbonyl (C=O) groups is 1. The van der Waals surface area contributed by atoms with Crippen LogP contribution in [0, 0.1) is 11.6 Å². The van der Waals surface area contributed by atoms with Crippen molar-refractivity contribution in [3.8, 4) is 0 Å². The number of nitrogens with one attached hydrogen (secondary N) is 1. The van der Waals surface area contributed by atoms with Gasteiger partial charge in [0.05, 0.1) is 11.6 Å². The highest BCUT2D eigenvalue weighted by atomic mass is 19.2. The third kappa shape index (κ3) is 3.27. The minimum Gasteiger partial charge on any atom is -0.267 e. The molecule has 0 aliphatic carbocycles. The van der Waals surface area contributed by atoms with Crippen LogP contribution in [-0.2, 0) is 7.05 Å². The average molecular weight is 342 g/mol. The number of hydrogen-bond donors (Lipinski definition) is 1. The van der Waals surface area contributed by atoms with Gasteiger partial charge in [0, 0.05) is 12.4 Å². The number of hydrogen-bond acceptors (Lipinski definition) is 4. The number of rotatable bonds is 3. The highest BCUT2D eigenvalue weighted by molar-refractivity contribution is 6.04. The van der Waals surface area contributed by atoms with Gasteiger partial charge in [0.2, 0.25) is 0 Å². The number of hydrazone groups is 1. The SMILES string of the molecule is Cn1nc(C(=O)N/N=C\c2ccc(F)c(F)c2)c2ccccc2c1=O. The molecule has 1 heterocycles. The molecular formula is C17H12F2N4O2. The molecule has 0 spiro atoms. The minimum atomic E-state index is -1.01. The zero-order valence-corrected chi connectivity index (χ0v) is 13.0. The van der Waals surface area contributed by atoms with E-state index in [2.05, 4.69) is 15.6 Å². The molecule has 0 aliphatic heterocycles. The van der Waals surface area contributed by atoms with Crippen LogP contribution in [0.15, 0.2) is 52.4 Å². The molecule has 1 amide bonds. The zero-order valence-electron chi connectivity index (χ0n) is 13.0. The first-order valence-electron chi connectivity index (χ1n) is 7.22. The molecule has 126 valence electrons. The van der Waals surface area contributed by atoms with Gasteiger partial charge in [0.1, 0.15) is 0 Å². The zero-order chi connectivity index (χ0) is 18.0. The molecule has 2 aromatic carbocycles. The fourth-order valence-electron chi connectivity index (χ4n) is 2.28. The monoisotopic (exact) mass is 342 g/mol. The molecule has 0 radical (unpaired) electrons. The molecule has 3 rings (SSSR count). The van der Waals surface area contributed by atoms with E-state index >= 15 is 0 Å². The second-order valence-electron chi connectivity index (χ2n) is 5.20. The summed E-state index contributed by atoms with van der Waals surface area (Å²) in [6.45, 7) is 0. The average Bonchev–Trinajstić information content (AvgIpc) is 2.61. The summed E-state index contributed by atoms with van der Waals surface area (Å²) in [4.78, 5) is 24.3. The van der Waals surface area contributed by atoms with E-state index in [1.807, 2.05) is 0 Å². The second kappa shape index (κ2) is 6.60. The van der Waals surface area contributed by atoms with Crippen LogP contribution in [-0.4, -0.2) is 21.9 Å². The number of aromatic nitrogens is 2. The van der Waals surface area contributed by atoms with Crippen molar-refractivity contribution in [1.82, 2.24) is 15.2 Å². The van der Waals surface area contributed by atoms with Gasteiger partial charge in [0.15, 0.2) is 17.3 Å². The largest absolute Gasteiger partial charge is 0.292 e. The molecule has 0 bridgehead atoms. The summed E-state index contributed by atoms with van der Waals surface area (Å²) in [5, 5.41) is 8.42. The standard InChI is InChI=1S/C17H12F2N4O2/c1-23-17(25)12-5-3-2-4-11(12)15(22-23)16(24)21-20-9-10-6-7-13(18)14(19)8-10/h2-9H,1H3,(H,21,24)/b20-9-. The van der Waals surface area contributed by atoms with Crippen LogP contribution in [0.3, 0.4) is 0 Å². The Kier molecular flexibility index (Phi) is 4.34. The fourth-order valence-corrected chi connectivity index (χ4v) is 2.28. The Balaban J connectivity index is 1.88. The van der Waals surface area contributed by atoms with Crippen LogP contribution in [0.1, 0.15) is 16.1 Å². The van der Waals surface area contributed by atoms with E-state index in [9.17, 15) is 18.4 Å². The molecule has 8 heteroatoms. The van der Waals surface area contributed by atoms with E-state index in [0.717, 1.165) is 16.8 Å². The molecule has 1 N–H and O–H groups in total.